The average Bonchev–Trinajstić information content (AvgIpc) is 2.50. The molecule has 2 heteroatoms. The average molecular weight is 268 g/mol. The van der Waals surface area contributed by atoms with Crippen molar-refractivity contribution in [1.82, 2.24) is 0 Å². The van der Waals surface area contributed by atoms with E-state index in [1.54, 1.807) is 7.11 Å². The molecule has 2 rings (SSSR count). The summed E-state index contributed by atoms with van der Waals surface area (Å²) in [6, 6.07) is 16.4. The Kier molecular flexibility index (Phi) is 4.83. The zero-order chi connectivity index (χ0) is 14.4. The van der Waals surface area contributed by atoms with Gasteiger partial charge in [-0.3, -0.25) is 0 Å². The molecule has 2 aromatic rings. The highest BCUT2D eigenvalue weighted by Gasteiger charge is 2.09. The van der Waals surface area contributed by atoms with Crippen LogP contribution in [0.4, 0.5) is 0 Å². The van der Waals surface area contributed by atoms with Crippen LogP contribution in [0, 0.1) is 0 Å². The highest BCUT2D eigenvalue weighted by atomic mass is 16.5. The SMILES string of the molecule is CC=C(c1ccccc1)c1ccc(OC)c(OCC)c1. The second-order valence-electron chi connectivity index (χ2n) is 4.37. The Morgan fingerprint density at radius 3 is 2.35 bits per heavy atom. The van der Waals surface area contributed by atoms with Crippen LogP contribution in [0.15, 0.2) is 54.6 Å². The van der Waals surface area contributed by atoms with Gasteiger partial charge in [-0.1, -0.05) is 42.5 Å². The first-order valence-corrected chi connectivity index (χ1v) is 6.83. The molecule has 0 aliphatic carbocycles. The molecule has 0 saturated heterocycles. The Bertz CT molecular complexity index is 586. The molecule has 0 spiro atoms. The van der Waals surface area contributed by atoms with Crippen LogP contribution in [0.5, 0.6) is 11.5 Å². The number of allylic oxidation sites excluding steroid dienone is 1. The van der Waals surface area contributed by atoms with Crippen LogP contribution in [0.3, 0.4) is 0 Å². The van der Waals surface area contributed by atoms with Gasteiger partial charge in [-0.2, -0.15) is 0 Å². The summed E-state index contributed by atoms with van der Waals surface area (Å²) in [5, 5.41) is 0. The second-order valence-corrected chi connectivity index (χ2v) is 4.37. The lowest BCUT2D eigenvalue weighted by molar-refractivity contribution is 0.311. The van der Waals surface area contributed by atoms with Gasteiger partial charge in [0.15, 0.2) is 11.5 Å². The fraction of sp³-hybridized carbons (Fsp3) is 0.222. The lowest BCUT2D eigenvalue weighted by Crippen LogP contribution is -1.97. The van der Waals surface area contributed by atoms with Crippen LogP contribution >= 0.6 is 0 Å². The van der Waals surface area contributed by atoms with Crippen molar-refractivity contribution in [2.24, 2.45) is 0 Å². The number of hydrogen-bond acceptors (Lipinski definition) is 2. The van der Waals surface area contributed by atoms with Crippen LogP contribution in [0.25, 0.3) is 5.57 Å². The Hall–Kier alpha value is -2.22. The van der Waals surface area contributed by atoms with E-state index in [1.807, 2.05) is 44.2 Å². The van der Waals surface area contributed by atoms with Gasteiger partial charge < -0.3 is 9.47 Å². The normalized spacial score (nSPS) is 11.2. The van der Waals surface area contributed by atoms with E-state index < -0.39 is 0 Å². The predicted octanol–water partition coefficient (Wildman–Crippen LogP) is 4.55. The van der Waals surface area contributed by atoms with Gasteiger partial charge in [0.05, 0.1) is 13.7 Å². The summed E-state index contributed by atoms with van der Waals surface area (Å²) in [5.74, 6) is 1.54. The third kappa shape index (κ3) is 3.02. The second kappa shape index (κ2) is 6.80. The molecule has 0 amide bonds. The quantitative estimate of drug-likeness (QED) is 0.792. The maximum Gasteiger partial charge on any atom is 0.161 e. The first-order valence-electron chi connectivity index (χ1n) is 6.83. The van der Waals surface area contributed by atoms with Crippen molar-refractivity contribution in [2.75, 3.05) is 13.7 Å². The first kappa shape index (κ1) is 14.2. The van der Waals surface area contributed by atoms with Gasteiger partial charge >= 0.3 is 0 Å². The molecule has 0 aliphatic heterocycles. The Morgan fingerprint density at radius 1 is 1.00 bits per heavy atom. The largest absolute Gasteiger partial charge is 0.493 e. The minimum Gasteiger partial charge on any atom is -0.493 e. The van der Waals surface area contributed by atoms with Crippen LogP contribution in [0.1, 0.15) is 25.0 Å². The summed E-state index contributed by atoms with van der Waals surface area (Å²) >= 11 is 0. The van der Waals surface area contributed by atoms with Crippen molar-refractivity contribution < 1.29 is 9.47 Å². The third-order valence-electron chi connectivity index (χ3n) is 3.15. The molecule has 0 saturated carbocycles. The van der Waals surface area contributed by atoms with Gasteiger partial charge in [-0.05, 0) is 42.7 Å². The molecule has 0 fully saturated rings. The van der Waals surface area contributed by atoms with E-state index in [9.17, 15) is 0 Å². The Balaban J connectivity index is 2.43. The summed E-state index contributed by atoms with van der Waals surface area (Å²) in [7, 11) is 1.66. The molecule has 0 bridgehead atoms. The van der Waals surface area contributed by atoms with E-state index in [4.69, 9.17) is 9.47 Å². The molecule has 0 aromatic heterocycles. The van der Waals surface area contributed by atoms with E-state index >= 15 is 0 Å². The zero-order valence-electron chi connectivity index (χ0n) is 12.2. The number of rotatable bonds is 5. The fourth-order valence-electron chi connectivity index (χ4n) is 2.23. The van der Waals surface area contributed by atoms with Gasteiger partial charge in [0.25, 0.3) is 0 Å². The number of hydrogen-bond donors (Lipinski definition) is 0. The third-order valence-corrected chi connectivity index (χ3v) is 3.15. The van der Waals surface area contributed by atoms with E-state index in [0.717, 1.165) is 17.1 Å². The molecule has 2 nitrogen and oxygen atoms in total. The summed E-state index contributed by atoms with van der Waals surface area (Å²) in [6.45, 7) is 4.64. The van der Waals surface area contributed by atoms with Crippen molar-refractivity contribution in [3.63, 3.8) is 0 Å². The van der Waals surface area contributed by atoms with Crippen molar-refractivity contribution in [2.45, 2.75) is 13.8 Å². The highest BCUT2D eigenvalue weighted by molar-refractivity contribution is 5.80. The number of ether oxygens (including phenoxy) is 2. The maximum atomic E-state index is 5.65. The molecule has 2 aromatic carbocycles. The zero-order valence-corrected chi connectivity index (χ0v) is 12.2. The molecule has 0 unspecified atom stereocenters. The van der Waals surface area contributed by atoms with Crippen LogP contribution in [-0.2, 0) is 0 Å². The monoisotopic (exact) mass is 268 g/mol. The van der Waals surface area contributed by atoms with Gasteiger partial charge in [0, 0.05) is 0 Å². The van der Waals surface area contributed by atoms with Crippen molar-refractivity contribution >= 4 is 5.57 Å². The predicted molar refractivity (Wildman–Crippen MR) is 83.4 cm³/mol. The summed E-state index contributed by atoms with van der Waals surface area (Å²) < 4.78 is 11.0. The molecule has 0 radical (unpaired) electrons. The maximum absolute atomic E-state index is 5.65. The molecule has 104 valence electrons. The molecule has 0 N–H and O–H groups in total. The summed E-state index contributed by atoms with van der Waals surface area (Å²) in [4.78, 5) is 0. The molecule has 0 aliphatic rings. The van der Waals surface area contributed by atoms with Gasteiger partial charge in [0.1, 0.15) is 0 Å². The van der Waals surface area contributed by atoms with Crippen molar-refractivity contribution in [3.8, 4) is 11.5 Å². The van der Waals surface area contributed by atoms with Crippen LogP contribution in [0.2, 0.25) is 0 Å². The van der Waals surface area contributed by atoms with Gasteiger partial charge in [0.2, 0.25) is 0 Å². The highest BCUT2D eigenvalue weighted by Crippen LogP contribution is 2.32. The molecule has 20 heavy (non-hydrogen) atoms. The molecule has 0 heterocycles. The number of benzene rings is 2. The van der Waals surface area contributed by atoms with Gasteiger partial charge in [-0.25, -0.2) is 0 Å². The fourth-order valence-corrected chi connectivity index (χ4v) is 2.23. The summed E-state index contributed by atoms with van der Waals surface area (Å²) in [6.07, 6.45) is 2.12. The van der Waals surface area contributed by atoms with Gasteiger partial charge in [-0.15, -0.1) is 0 Å². The smallest absolute Gasteiger partial charge is 0.161 e. The van der Waals surface area contributed by atoms with Crippen LogP contribution in [-0.4, -0.2) is 13.7 Å². The molecular formula is C18H20O2. The molecular weight excluding hydrogens is 248 g/mol. The number of methoxy groups -OCH3 is 1. The van der Waals surface area contributed by atoms with E-state index in [2.05, 4.69) is 24.3 Å². The topological polar surface area (TPSA) is 18.5 Å². The molecule has 0 atom stereocenters. The minimum atomic E-state index is 0.621. The van der Waals surface area contributed by atoms with Crippen molar-refractivity contribution in [1.29, 1.82) is 0 Å². The minimum absolute atomic E-state index is 0.621. The van der Waals surface area contributed by atoms with E-state index in [0.29, 0.717) is 6.61 Å². The summed E-state index contributed by atoms with van der Waals surface area (Å²) in [5.41, 5.74) is 3.51. The first-order chi connectivity index (χ1) is 9.80. The Morgan fingerprint density at radius 2 is 1.75 bits per heavy atom. The standard InChI is InChI=1S/C18H20O2/c1-4-16(14-9-7-6-8-10-14)15-11-12-17(19-3)18(13-15)20-5-2/h4,6-13H,5H2,1-3H3. The van der Waals surface area contributed by atoms with E-state index in [1.165, 1.54) is 11.1 Å². The van der Waals surface area contributed by atoms with Crippen molar-refractivity contribution in [3.05, 3.63) is 65.7 Å². The Labute approximate surface area is 120 Å². The lowest BCUT2D eigenvalue weighted by Gasteiger charge is -2.13. The lowest BCUT2D eigenvalue weighted by atomic mass is 9.97. The van der Waals surface area contributed by atoms with Crippen LogP contribution < -0.4 is 9.47 Å². The van der Waals surface area contributed by atoms with E-state index in [-0.39, 0.29) is 0 Å².